The zero-order valence-electron chi connectivity index (χ0n) is 13.9. The molecule has 0 bridgehead atoms. The molecule has 0 aliphatic carbocycles. The number of hydrogen-bond donors (Lipinski definition) is 0. The molecule has 0 radical (unpaired) electrons. The molecule has 0 spiro atoms. The van der Waals surface area contributed by atoms with E-state index in [2.05, 4.69) is 0 Å². The van der Waals surface area contributed by atoms with Crippen molar-refractivity contribution in [1.82, 2.24) is 0 Å². The summed E-state index contributed by atoms with van der Waals surface area (Å²) in [5.41, 5.74) is 2.38. The summed E-state index contributed by atoms with van der Waals surface area (Å²) in [6, 6.07) is 12.9. The maximum Gasteiger partial charge on any atom is 0.195 e. The highest BCUT2D eigenvalue weighted by Gasteiger charge is 2.46. The highest BCUT2D eigenvalue weighted by atomic mass is 16.6. The summed E-state index contributed by atoms with van der Waals surface area (Å²) in [7, 11) is 4.81. The Morgan fingerprint density at radius 3 is 2.29 bits per heavy atom. The van der Waals surface area contributed by atoms with Crippen LogP contribution < -0.4 is 9.47 Å². The molecule has 0 N–H and O–H groups in total. The molecule has 1 saturated heterocycles. The lowest BCUT2D eigenvalue weighted by Crippen LogP contribution is -2.12. The van der Waals surface area contributed by atoms with Crippen LogP contribution in [0.3, 0.4) is 0 Å². The van der Waals surface area contributed by atoms with Gasteiger partial charge in [-0.1, -0.05) is 12.1 Å². The van der Waals surface area contributed by atoms with Gasteiger partial charge in [0.15, 0.2) is 11.9 Å². The first kappa shape index (κ1) is 16.5. The van der Waals surface area contributed by atoms with Gasteiger partial charge in [-0.25, -0.2) is 0 Å². The maximum atomic E-state index is 12.8. The van der Waals surface area contributed by atoms with Gasteiger partial charge in [0.25, 0.3) is 0 Å². The summed E-state index contributed by atoms with van der Waals surface area (Å²) in [5, 5.41) is 0. The minimum absolute atomic E-state index is 0.0366. The average Bonchev–Trinajstić information content (AvgIpc) is 3.42. The highest BCUT2D eigenvalue weighted by molar-refractivity contribution is 6.02. The smallest absolute Gasteiger partial charge is 0.195 e. The normalized spacial score (nSPS) is 19.0. The Labute approximate surface area is 141 Å². The third-order valence-electron chi connectivity index (χ3n) is 4.07. The van der Waals surface area contributed by atoms with Gasteiger partial charge in [-0.15, -0.1) is 0 Å². The number of benzene rings is 2. The first-order valence-electron chi connectivity index (χ1n) is 7.67. The minimum Gasteiger partial charge on any atom is -0.497 e. The Morgan fingerprint density at radius 1 is 1.00 bits per heavy atom. The quantitative estimate of drug-likeness (QED) is 0.577. The number of hydrogen-bond acceptors (Lipinski definition) is 5. The maximum absolute atomic E-state index is 12.8. The molecule has 2 aromatic carbocycles. The van der Waals surface area contributed by atoms with Crippen LogP contribution in [0.2, 0.25) is 0 Å². The number of methoxy groups -OCH3 is 3. The molecule has 126 valence electrons. The molecule has 3 rings (SSSR count). The van der Waals surface area contributed by atoms with E-state index < -0.39 is 6.10 Å². The van der Waals surface area contributed by atoms with Crippen LogP contribution in [-0.2, 0) is 16.1 Å². The van der Waals surface area contributed by atoms with Crippen molar-refractivity contribution in [2.75, 3.05) is 21.3 Å². The van der Waals surface area contributed by atoms with Gasteiger partial charge in [-0.3, -0.25) is 4.79 Å². The molecule has 1 fully saturated rings. The van der Waals surface area contributed by atoms with E-state index >= 15 is 0 Å². The molecule has 2 aromatic rings. The van der Waals surface area contributed by atoms with Gasteiger partial charge in [-0.05, 0) is 41.5 Å². The average molecular weight is 328 g/mol. The Bertz CT molecular complexity index is 723. The molecular formula is C19H20O5. The molecule has 0 amide bonds. The largest absolute Gasteiger partial charge is 0.497 e. The molecule has 1 aliphatic rings. The Kier molecular flexibility index (Phi) is 4.83. The van der Waals surface area contributed by atoms with E-state index in [-0.39, 0.29) is 11.9 Å². The molecule has 1 aliphatic heterocycles. The number of ether oxygens (including phenoxy) is 4. The van der Waals surface area contributed by atoms with Crippen LogP contribution in [0.5, 0.6) is 11.5 Å². The summed E-state index contributed by atoms with van der Waals surface area (Å²) < 4.78 is 21.2. The van der Waals surface area contributed by atoms with Crippen molar-refractivity contribution in [2.24, 2.45) is 0 Å². The lowest BCUT2D eigenvalue weighted by Gasteiger charge is -2.09. The fourth-order valence-electron chi connectivity index (χ4n) is 2.72. The van der Waals surface area contributed by atoms with E-state index in [4.69, 9.17) is 18.9 Å². The van der Waals surface area contributed by atoms with Gasteiger partial charge in [0, 0.05) is 12.7 Å². The molecule has 5 nitrogen and oxygen atoms in total. The molecule has 0 unspecified atom stereocenters. The zero-order valence-corrected chi connectivity index (χ0v) is 13.9. The molecule has 0 saturated carbocycles. The predicted molar refractivity (Wildman–Crippen MR) is 88.6 cm³/mol. The monoisotopic (exact) mass is 328 g/mol. The van der Waals surface area contributed by atoms with Crippen LogP contribution in [0.15, 0.2) is 42.5 Å². The van der Waals surface area contributed by atoms with E-state index in [9.17, 15) is 4.79 Å². The van der Waals surface area contributed by atoms with Gasteiger partial charge in [0.05, 0.1) is 20.8 Å². The Morgan fingerprint density at radius 2 is 1.67 bits per heavy atom. The van der Waals surface area contributed by atoms with Crippen molar-refractivity contribution in [2.45, 2.75) is 18.8 Å². The van der Waals surface area contributed by atoms with Crippen molar-refractivity contribution < 1.29 is 23.7 Å². The van der Waals surface area contributed by atoms with Crippen LogP contribution in [0, 0.1) is 0 Å². The summed E-state index contributed by atoms with van der Waals surface area (Å²) in [5.74, 6) is 1.44. The van der Waals surface area contributed by atoms with Crippen molar-refractivity contribution in [3.05, 3.63) is 59.2 Å². The zero-order chi connectivity index (χ0) is 17.1. The fourth-order valence-corrected chi connectivity index (χ4v) is 2.72. The third-order valence-corrected chi connectivity index (χ3v) is 4.07. The first-order chi connectivity index (χ1) is 11.7. The SMILES string of the molecule is COCc1cc(OC)ccc1C(=O)[C@@H]1O[C@H]1c1ccc(OC)cc1. The predicted octanol–water partition coefficient (Wildman–Crippen LogP) is 3.17. The van der Waals surface area contributed by atoms with Crippen LogP contribution in [0.4, 0.5) is 0 Å². The van der Waals surface area contributed by atoms with Crippen LogP contribution in [0.1, 0.15) is 27.6 Å². The molecular weight excluding hydrogens is 308 g/mol. The summed E-state index contributed by atoms with van der Waals surface area (Å²) >= 11 is 0. The van der Waals surface area contributed by atoms with Crippen molar-refractivity contribution in [3.8, 4) is 11.5 Å². The first-order valence-corrected chi connectivity index (χ1v) is 7.67. The molecule has 2 atom stereocenters. The second-order valence-corrected chi connectivity index (χ2v) is 5.57. The fraction of sp³-hybridized carbons (Fsp3) is 0.316. The van der Waals surface area contributed by atoms with Gasteiger partial charge >= 0.3 is 0 Å². The molecule has 0 aromatic heterocycles. The highest BCUT2D eigenvalue weighted by Crippen LogP contribution is 2.41. The Hall–Kier alpha value is -2.37. The van der Waals surface area contributed by atoms with Gasteiger partial charge in [-0.2, -0.15) is 0 Å². The van der Waals surface area contributed by atoms with Gasteiger partial charge < -0.3 is 18.9 Å². The number of epoxide rings is 1. The van der Waals surface area contributed by atoms with Crippen LogP contribution >= 0.6 is 0 Å². The summed E-state index contributed by atoms with van der Waals surface area (Å²) in [6.07, 6.45) is -0.664. The lowest BCUT2D eigenvalue weighted by molar-refractivity contribution is 0.0948. The second-order valence-electron chi connectivity index (χ2n) is 5.57. The van der Waals surface area contributed by atoms with Gasteiger partial charge in [0.1, 0.15) is 17.6 Å². The van der Waals surface area contributed by atoms with Crippen molar-refractivity contribution in [3.63, 3.8) is 0 Å². The van der Waals surface area contributed by atoms with Crippen molar-refractivity contribution in [1.29, 1.82) is 0 Å². The Balaban J connectivity index is 1.77. The van der Waals surface area contributed by atoms with E-state index in [1.54, 1.807) is 33.5 Å². The lowest BCUT2D eigenvalue weighted by atomic mass is 9.98. The third kappa shape index (κ3) is 3.27. The van der Waals surface area contributed by atoms with Crippen LogP contribution in [-0.4, -0.2) is 33.2 Å². The minimum atomic E-state index is -0.456. The van der Waals surface area contributed by atoms with E-state index in [1.807, 2.05) is 30.3 Å². The summed E-state index contributed by atoms with van der Waals surface area (Å²) in [4.78, 5) is 12.8. The molecule has 24 heavy (non-hydrogen) atoms. The summed E-state index contributed by atoms with van der Waals surface area (Å²) in [6.45, 7) is 0.345. The number of carbonyl (C=O) groups excluding carboxylic acids is 1. The second kappa shape index (κ2) is 7.03. The van der Waals surface area contributed by atoms with E-state index in [0.29, 0.717) is 17.9 Å². The van der Waals surface area contributed by atoms with E-state index in [1.165, 1.54) is 0 Å². The standard InChI is InChI=1S/C19H20O5/c1-21-11-13-10-15(23-3)8-9-16(13)17(20)19-18(24-19)12-4-6-14(22-2)7-5-12/h4-10,18-19H,11H2,1-3H3/t18-,19-/m0/s1. The van der Waals surface area contributed by atoms with Crippen LogP contribution in [0.25, 0.3) is 0 Å². The number of rotatable bonds is 7. The van der Waals surface area contributed by atoms with Crippen molar-refractivity contribution >= 4 is 5.78 Å². The number of carbonyl (C=O) groups is 1. The number of ketones is 1. The van der Waals surface area contributed by atoms with E-state index in [0.717, 1.165) is 16.9 Å². The topological polar surface area (TPSA) is 57.3 Å². The molecule has 1 heterocycles. The van der Waals surface area contributed by atoms with Gasteiger partial charge in [0.2, 0.25) is 0 Å². The molecule has 5 heteroatoms. The number of Topliss-reactive ketones (excluding diaryl/α,β-unsaturated/α-hetero) is 1.